The van der Waals surface area contributed by atoms with Crippen LogP contribution >= 0.6 is 0 Å². The number of allylic oxidation sites excluding steroid dienone is 2. The molecular formula is C21H28O4. The maximum atomic E-state index is 12.3. The maximum Gasteiger partial charge on any atom is 0.323 e. The van der Waals surface area contributed by atoms with Crippen molar-refractivity contribution in [2.24, 2.45) is 11.3 Å². The molecule has 0 amide bonds. The Morgan fingerprint density at radius 2 is 1.72 bits per heavy atom. The Kier molecular flexibility index (Phi) is 6.80. The quantitative estimate of drug-likeness (QED) is 0.379. The topological polar surface area (TPSA) is 52.6 Å². The zero-order valence-electron chi connectivity index (χ0n) is 15.4. The van der Waals surface area contributed by atoms with Crippen molar-refractivity contribution in [3.05, 3.63) is 42.0 Å². The van der Waals surface area contributed by atoms with E-state index in [-0.39, 0.29) is 5.92 Å². The zero-order valence-corrected chi connectivity index (χ0v) is 15.4. The van der Waals surface area contributed by atoms with Gasteiger partial charge in [0.15, 0.2) is 5.41 Å². The van der Waals surface area contributed by atoms with Gasteiger partial charge in [-0.05, 0) is 30.4 Å². The highest BCUT2D eigenvalue weighted by atomic mass is 16.5. The number of hydrogen-bond acceptors (Lipinski definition) is 4. The first-order chi connectivity index (χ1) is 12.1. The average Bonchev–Trinajstić information content (AvgIpc) is 3.40. The molecule has 1 unspecified atom stereocenters. The van der Waals surface area contributed by atoms with Crippen LogP contribution in [0.3, 0.4) is 0 Å². The lowest BCUT2D eigenvalue weighted by Crippen LogP contribution is -2.30. The van der Waals surface area contributed by atoms with Crippen molar-refractivity contribution >= 4 is 17.5 Å². The summed E-state index contributed by atoms with van der Waals surface area (Å²) >= 11 is 0. The lowest BCUT2D eigenvalue weighted by atomic mass is 9.93. The molecule has 1 aliphatic carbocycles. The summed E-state index contributed by atoms with van der Waals surface area (Å²) in [5, 5.41) is 0. The number of unbranched alkanes of at least 4 members (excludes halogenated alkanes) is 4. The van der Waals surface area contributed by atoms with Crippen molar-refractivity contribution in [3.8, 4) is 0 Å². The minimum atomic E-state index is -1.19. The molecule has 0 radical (unpaired) electrons. The lowest BCUT2D eigenvalue weighted by molar-refractivity contribution is -0.161. The van der Waals surface area contributed by atoms with E-state index in [1.54, 1.807) is 0 Å². The Morgan fingerprint density at radius 1 is 1.08 bits per heavy atom. The number of esters is 2. The Labute approximate surface area is 150 Å². The minimum absolute atomic E-state index is 0.180. The monoisotopic (exact) mass is 344 g/mol. The molecule has 4 heteroatoms. The van der Waals surface area contributed by atoms with Crippen LogP contribution in [0.5, 0.6) is 0 Å². The number of benzene rings is 1. The number of methoxy groups -OCH3 is 2. The number of ether oxygens (including phenoxy) is 2. The molecule has 1 aliphatic rings. The molecule has 1 fully saturated rings. The third-order valence-electron chi connectivity index (χ3n) is 4.96. The van der Waals surface area contributed by atoms with E-state index in [2.05, 4.69) is 13.0 Å². The first kappa shape index (κ1) is 19.2. The van der Waals surface area contributed by atoms with Gasteiger partial charge in [-0.1, -0.05) is 62.6 Å². The molecule has 25 heavy (non-hydrogen) atoms. The van der Waals surface area contributed by atoms with E-state index in [1.165, 1.54) is 33.5 Å². The van der Waals surface area contributed by atoms with Gasteiger partial charge in [-0.15, -0.1) is 0 Å². The van der Waals surface area contributed by atoms with Gasteiger partial charge in [0, 0.05) is 5.92 Å². The summed E-state index contributed by atoms with van der Waals surface area (Å²) in [7, 11) is 2.64. The van der Waals surface area contributed by atoms with Gasteiger partial charge in [-0.3, -0.25) is 9.59 Å². The summed E-state index contributed by atoms with van der Waals surface area (Å²) in [6.45, 7) is 2.19. The van der Waals surface area contributed by atoms with Gasteiger partial charge < -0.3 is 9.47 Å². The van der Waals surface area contributed by atoms with E-state index in [1.807, 2.05) is 30.3 Å². The fourth-order valence-electron chi connectivity index (χ4n) is 3.46. The van der Waals surface area contributed by atoms with Crippen molar-refractivity contribution in [2.75, 3.05) is 14.2 Å². The van der Waals surface area contributed by atoms with Crippen molar-refractivity contribution < 1.29 is 19.1 Å². The second kappa shape index (κ2) is 8.84. The Hall–Kier alpha value is -2.10. The lowest BCUT2D eigenvalue weighted by Gasteiger charge is -2.15. The number of carbonyl (C=O) groups excluding carboxylic acids is 2. The summed E-state index contributed by atoms with van der Waals surface area (Å²) in [5.74, 6) is -1.18. The fourth-order valence-corrected chi connectivity index (χ4v) is 3.46. The molecule has 0 heterocycles. The standard InChI is InChI=1S/C21H28O4/c1-4-5-6-7-11-14-17(16-12-9-8-10-13-16)18-15-21(18,19(22)24-2)20(23)25-3/h8-10,12-14,18H,4-7,11,15H2,1-3H3/b17-14+. The van der Waals surface area contributed by atoms with Gasteiger partial charge in [0.25, 0.3) is 0 Å². The fraction of sp³-hybridized carbons (Fsp3) is 0.524. The largest absolute Gasteiger partial charge is 0.468 e. The molecule has 0 N–H and O–H groups in total. The van der Waals surface area contributed by atoms with E-state index < -0.39 is 17.4 Å². The van der Waals surface area contributed by atoms with Crippen LogP contribution in [0.2, 0.25) is 0 Å². The van der Waals surface area contributed by atoms with Gasteiger partial charge in [-0.2, -0.15) is 0 Å². The molecule has 1 saturated carbocycles. The highest BCUT2D eigenvalue weighted by Crippen LogP contribution is 2.60. The van der Waals surface area contributed by atoms with E-state index in [9.17, 15) is 9.59 Å². The molecule has 0 aromatic heterocycles. The highest BCUT2D eigenvalue weighted by Gasteiger charge is 2.69. The van der Waals surface area contributed by atoms with Gasteiger partial charge in [0.2, 0.25) is 0 Å². The minimum Gasteiger partial charge on any atom is -0.468 e. The summed E-state index contributed by atoms with van der Waals surface area (Å²) in [6, 6.07) is 9.95. The van der Waals surface area contributed by atoms with E-state index in [0.29, 0.717) is 6.42 Å². The number of carbonyl (C=O) groups is 2. The molecule has 1 aromatic carbocycles. The number of rotatable bonds is 9. The Morgan fingerprint density at radius 3 is 2.28 bits per heavy atom. The summed E-state index contributed by atoms with van der Waals surface area (Å²) < 4.78 is 9.81. The molecule has 136 valence electrons. The van der Waals surface area contributed by atoms with Crippen LogP contribution < -0.4 is 0 Å². The third-order valence-corrected chi connectivity index (χ3v) is 4.96. The highest BCUT2D eigenvalue weighted by molar-refractivity contribution is 6.06. The molecule has 1 aromatic rings. The van der Waals surface area contributed by atoms with Gasteiger partial charge in [0.1, 0.15) is 0 Å². The normalized spacial score (nSPS) is 18.5. The van der Waals surface area contributed by atoms with Crippen LogP contribution in [0.4, 0.5) is 0 Å². The smallest absolute Gasteiger partial charge is 0.323 e. The predicted molar refractivity (Wildman–Crippen MR) is 97.8 cm³/mol. The van der Waals surface area contributed by atoms with E-state index in [0.717, 1.165) is 24.0 Å². The summed E-state index contributed by atoms with van der Waals surface area (Å²) in [6.07, 6.45) is 8.31. The van der Waals surface area contributed by atoms with Gasteiger partial charge in [-0.25, -0.2) is 0 Å². The van der Waals surface area contributed by atoms with Crippen molar-refractivity contribution in [3.63, 3.8) is 0 Å². The molecule has 0 saturated heterocycles. The van der Waals surface area contributed by atoms with Crippen LogP contribution in [-0.2, 0) is 19.1 Å². The summed E-state index contributed by atoms with van der Waals surface area (Å²) in [5.41, 5.74) is 0.916. The number of hydrogen-bond donors (Lipinski definition) is 0. The van der Waals surface area contributed by atoms with Crippen molar-refractivity contribution in [2.45, 2.75) is 45.4 Å². The van der Waals surface area contributed by atoms with Crippen LogP contribution in [0.1, 0.15) is 51.0 Å². The van der Waals surface area contributed by atoms with Crippen LogP contribution in [-0.4, -0.2) is 26.2 Å². The van der Waals surface area contributed by atoms with Crippen LogP contribution in [0, 0.1) is 11.3 Å². The second-order valence-corrected chi connectivity index (χ2v) is 6.59. The Balaban J connectivity index is 2.26. The summed E-state index contributed by atoms with van der Waals surface area (Å²) in [4.78, 5) is 24.6. The molecule has 0 spiro atoms. The molecule has 1 atom stereocenters. The zero-order chi connectivity index (χ0) is 18.3. The molecular weight excluding hydrogens is 316 g/mol. The third kappa shape index (κ3) is 4.12. The second-order valence-electron chi connectivity index (χ2n) is 6.59. The first-order valence-corrected chi connectivity index (χ1v) is 9.04. The van der Waals surface area contributed by atoms with Crippen LogP contribution in [0.25, 0.3) is 5.57 Å². The molecule has 4 nitrogen and oxygen atoms in total. The van der Waals surface area contributed by atoms with Crippen molar-refractivity contribution in [1.29, 1.82) is 0 Å². The SMILES string of the molecule is CCCCCC/C=C(\c1ccccc1)C1CC1(C(=O)OC)C(=O)OC. The van der Waals surface area contributed by atoms with Gasteiger partial charge in [0.05, 0.1) is 14.2 Å². The van der Waals surface area contributed by atoms with Crippen molar-refractivity contribution in [1.82, 2.24) is 0 Å². The Bertz CT molecular complexity index is 602. The van der Waals surface area contributed by atoms with Gasteiger partial charge >= 0.3 is 11.9 Å². The molecule has 0 aliphatic heterocycles. The predicted octanol–water partition coefficient (Wildman–Crippen LogP) is 4.39. The molecule has 2 rings (SSSR count). The maximum absolute atomic E-state index is 12.3. The van der Waals surface area contributed by atoms with Crippen LogP contribution in [0.15, 0.2) is 36.4 Å². The average molecular weight is 344 g/mol. The molecule has 0 bridgehead atoms. The van der Waals surface area contributed by atoms with E-state index >= 15 is 0 Å². The first-order valence-electron chi connectivity index (χ1n) is 9.04. The van der Waals surface area contributed by atoms with E-state index in [4.69, 9.17) is 9.47 Å².